The summed E-state index contributed by atoms with van der Waals surface area (Å²) < 4.78 is 5.20. The van der Waals surface area contributed by atoms with Crippen molar-refractivity contribution in [2.45, 2.75) is 24.0 Å². The number of carbonyl (C=O) groups excluding carboxylic acids is 1. The van der Waals surface area contributed by atoms with Gasteiger partial charge in [0, 0.05) is 10.6 Å². The van der Waals surface area contributed by atoms with Gasteiger partial charge in [0.05, 0.1) is 6.61 Å². The molecule has 1 unspecified atom stereocenters. The van der Waals surface area contributed by atoms with E-state index in [2.05, 4.69) is 0 Å². The highest BCUT2D eigenvalue weighted by molar-refractivity contribution is 8.00. The van der Waals surface area contributed by atoms with E-state index in [0.717, 1.165) is 21.7 Å². The SMILES string of the molecule is CCOC(=O)C(Sc1ccc(N)c(C)c1)c1ccccc1. The van der Waals surface area contributed by atoms with E-state index in [4.69, 9.17) is 10.5 Å². The van der Waals surface area contributed by atoms with Crippen molar-refractivity contribution in [3.63, 3.8) is 0 Å². The Bertz CT molecular complexity index is 613. The molecule has 0 aliphatic rings. The number of aryl methyl sites for hydroxylation is 1. The lowest BCUT2D eigenvalue weighted by atomic mass is 10.1. The third-order valence-electron chi connectivity index (χ3n) is 3.10. The van der Waals surface area contributed by atoms with Crippen LogP contribution in [0, 0.1) is 6.92 Å². The van der Waals surface area contributed by atoms with Crippen LogP contribution < -0.4 is 5.73 Å². The molecule has 0 heterocycles. The first-order chi connectivity index (χ1) is 10.1. The molecule has 0 saturated heterocycles. The number of esters is 1. The molecule has 0 amide bonds. The van der Waals surface area contributed by atoms with Crippen LogP contribution in [0.4, 0.5) is 5.69 Å². The maximum Gasteiger partial charge on any atom is 0.323 e. The van der Waals surface area contributed by atoms with Gasteiger partial charge in [-0.05, 0) is 43.2 Å². The van der Waals surface area contributed by atoms with Crippen molar-refractivity contribution in [3.05, 3.63) is 59.7 Å². The molecule has 2 N–H and O–H groups in total. The van der Waals surface area contributed by atoms with E-state index >= 15 is 0 Å². The van der Waals surface area contributed by atoms with Crippen LogP contribution in [0.25, 0.3) is 0 Å². The predicted octanol–water partition coefficient (Wildman–Crippen LogP) is 3.97. The van der Waals surface area contributed by atoms with Crippen LogP contribution >= 0.6 is 11.8 Å². The van der Waals surface area contributed by atoms with E-state index in [1.54, 1.807) is 0 Å². The molecule has 0 bridgehead atoms. The third-order valence-corrected chi connectivity index (χ3v) is 4.32. The Kier molecular flexibility index (Phi) is 5.28. The third kappa shape index (κ3) is 4.02. The number of thioether (sulfide) groups is 1. The highest BCUT2D eigenvalue weighted by atomic mass is 32.2. The second-order valence-electron chi connectivity index (χ2n) is 4.68. The fourth-order valence-electron chi connectivity index (χ4n) is 1.96. The summed E-state index contributed by atoms with van der Waals surface area (Å²) in [5.41, 5.74) is 8.54. The molecule has 4 heteroatoms. The molecular formula is C17H19NO2S. The van der Waals surface area contributed by atoms with Crippen LogP contribution in [-0.4, -0.2) is 12.6 Å². The number of benzene rings is 2. The average molecular weight is 301 g/mol. The minimum Gasteiger partial charge on any atom is -0.465 e. The van der Waals surface area contributed by atoms with Gasteiger partial charge in [-0.2, -0.15) is 0 Å². The van der Waals surface area contributed by atoms with Gasteiger partial charge in [0.25, 0.3) is 0 Å². The first-order valence-electron chi connectivity index (χ1n) is 6.86. The van der Waals surface area contributed by atoms with E-state index in [0.29, 0.717) is 6.61 Å². The Morgan fingerprint density at radius 3 is 2.57 bits per heavy atom. The number of nitrogens with two attached hydrogens (primary N) is 1. The number of rotatable bonds is 5. The molecule has 110 valence electrons. The normalized spacial score (nSPS) is 11.9. The molecule has 2 rings (SSSR count). The van der Waals surface area contributed by atoms with Crippen molar-refractivity contribution in [1.82, 2.24) is 0 Å². The number of hydrogen-bond donors (Lipinski definition) is 1. The summed E-state index contributed by atoms with van der Waals surface area (Å²) in [6.07, 6.45) is 0. The number of nitrogen functional groups attached to an aromatic ring is 1. The molecule has 2 aromatic rings. The van der Waals surface area contributed by atoms with E-state index in [1.165, 1.54) is 11.8 Å². The van der Waals surface area contributed by atoms with Gasteiger partial charge in [-0.3, -0.25) is 4.79 Å². The molecule has 0 saturated carbocycles. The zero-order valence-electron chi connectivity index (χ0n) is 12.2. The molecule has 0 aliphatic carbocycles. The lowest BCUT2D eigenvalue weighted by Crippen LogP contribution is -2.13. The molecule has 0 spiro atoms. The van der Waals surface area contributed by atoms with Crippen LogP contribution in [0.2, 0.25) is 0 Å². The lowest BCUT2D eigenvalue weighted by molar-refractivity contribution is -0.142. The smallest absolute Gasteiger partial charge is 0.323 e. The Labute approximate surface area is 129 Å². The van der Waals surface area contributed by atoms with Crippen molar-refractivity contribution in [2.75, 3.05) is 12.3 Å². The molecule has 0 aliphatic heterocycles. The predicted molar refractivity (Wildman–Crippen MR) is 87.3 cm³/mol. The molecule has 0 fully saturated rings. The van der Waals surface area contributed by atoms with Crippen LogP contribution in [0.15, 0.2) is 53.4 Å². The van der Waals surface area contributed by atoms with Crippen molar-refractivity contribution >= 4 is 23.4 Å². The van der Waals surface area contributed by atoms with Crippen molar-refractivity contribution in [3.8, 4) is 0 Å². The molecule has 0 aromatic heterocycles. The summed E-state index contributed by atoms with van der Waals surface area (Å²) in [7, 11) is 0. The quantitative estimate of drug-likeness (QED) is 0.516. The van der Waals surface area contributed by atoms with Crippen molar-refractivity contribution in [1.29, 1.82) is 0 Å². The number of ether oxygens (including phenoxy) is 1. The van der Waals surface area contributed by atoms with Crippen molar-refractivity contribution in [2.24, 2.45) is 0 Å². The molecule has 0 radical (unpaired) electrons. The van der Waals surface area contributed by atoms with E-state index in [9.17, 15) is 4.79 Å². The summed E-state index contributed by atoms with van der Waals surface area (Å²) in [5, 5.41) is -0.367. The second-order valence-corrected chi connectivity index (χ2v) is 5.86. The molecule has 3 nitrogen and oxygen atoms in total. The number of anilines is 1. The van der Waals surface area contributed by atoms with Crippen LogP contribution in [0.5, 0.6) is 0 Å². The van der Waals surface area contributed by atoms with Crippen LogP contribution in [0.1, 0.15) is 23.3 Å². The maximum atomic E-state index is 12.2. The average Bonchev–Trinajstić information content (AvgIpc) is 2.49. The second kappa shape index (κ2) is 7.18. The Morgan fingerprint density at radius 2 is 1.95 bits per heavy atom. The minimum atomic E-state index is -0.367. The lowest BCUT2D eigenvalue weighted by Gasteiger charge is -2.16. The highest BCUT2D eigenvalue weighted by Gasteiger charge is 2.23. The van der Waals surface area contributed by atoms with Crippen molar-refractivity contribution < 1.29 is 9.53 Å². The Hall–Kier alpha value is -1.94. The zero-order valence-corrected chi connectivity index (χ0v) is 13.0. The molecule has 2 aromatic carbocycles. The highest BCUT2D eigenvalue weighted by Crippen LogP contribution is 2.37. The zero-order chi connectivity index (χ0) is 15.2. The van der Waals surface area contributed by atoms with Gasteiger partial charge in [0.15, 0.2) is 0 Å². The van der Waals surface area contributed by atoms with Gasteiger partial charge in [-0.25, -0.2) is 0 Å². The van der Waals surface area contributed by atoms with E-state index in [1.807, 2.05) is 62.4 Å². The van der Waals surface area contributed by atoms with Gasteiger partial charge >= 0.3 is 5.97 Å². The maximum absolute atomic E-state index is 12.2. The first-order valence-corrected chi connectivity index (χ1v) is 7.74. The Balaban J connectivity index is 2.27. The number of carbonyl (C=O) groups is 1. The first kappa shape index (κ1) is 15.4. The molecule has 1 atom stereocenters. The standard InChI is InChI=1S/C17H19NO2S/c1-3-20-17(19)16(13-7-5-4-6-8-13)21-14-9-10-15(18)12(2)11-14/h4-11,16H,3,18H2,1-2H3. The van der Waals surface area contributed by atoms with Crippen LogP contribution in [-0.2, 0) is 9.53 Å². The summed E-state index contributed by atoms with van der Waals surface area (Å²) in [4.78, 5) is 13.2. The monoisotopic (exact) mass is 301 g/mol. The summed E-state index contributed by atoms with van der Waals surface area (Å²) in [5.74, 6) is -0.219. The van der Waals surface area contributed by atoms with Gasteiger partial charge in [-0.1, -0.05) is 30.3 Å². The molecule has 21 heavy (non-hydrogen) atoms. The minimum absolute atomic E-state index is 0.219. The van der Waals surface area contributed by atoms with Gasteiger partial charge < -0.3 is 10.5 Å². The molecular weight excluding hydrogens is 282 g/mol. The summed E-state index contributed by atoms with van der Waals surface area (Å²) in [6.45, 7) is 4.16. The van der Waals surface area contributed by atoms with Gasteiger partial charge in [-0.15, -0.1) is 11.8 Å². The van der Waals surface area contributed by atoms with Crippen LogP contribution in [0.3, 0.4) is 0 Å². The van der Waals surface area contributed by atoms with Gasteiger partial charge in [0.1, 0.15) is 5.25 Å². The fraction of sp³-hybridized carbons (Fsp3) is 0.235. The Morgan fingerprint density at radius 1 is 1.24 bits per heavy atom. The summed E-state index contributed by atoms with van der Waals surface area (Å²) in [6, 6.07) is 15.5. The largest absolute Gasteiger partial charge is 0.465 e. The fourth-order valence-corrected chi connectivity index (χ4v) is 3.08. The van der Waals surface area contributed by atoms with Gasteiger partial charge in [0.2, 0.25) is 0 Å². The van der Waals surface area contributed by atoms with E-state index in [-0.39, 0.29) is 11.2 Å². The topological polar surface area (TPSA) is 52.3 Å². The number of hydrogen-bond acceptors (Lipinski definition) is 4. The van der Waals surface area contributed by atoms with E-state index < -0.39 is 0 Å². The summed E-state index contributed by atoms with van der Waals surface area (Å²) >= 11 is 1.48.